The predicted octanol–water partition coefficient (Wildman–Crippen LogP) is 0.908. The summed E-state index contributed by atoms with van der Waals surface area (Å²) in [5, 5.41) is 0.290. The van der Waals surface area contributed by atoms with Crippen molar-refractivity contribution in [2.24, 2.45) is 0 Å². The van der Waals surface area contributed by atoms with E-state index in [9.17, 15) is 0 Å². The minimum absolute atomic E-state index is 0.211. The highest BCUT2D eigenvalue weighted by Crippen LogP contribution is 2.18. The molecular formula is C7H7ClN2O2. The molecule has 0 aliphatic carbocycles. The average Bonchev–Trinajstić information content (AvgIpc) is 2.86. The summed E-state index contributed by atoms with van der Waals surface area (Å²) < 4.78 is 10.2. The van der Waals surface area contributed by atoms with Crippen molar-refractivity contribution in [3.63, 3.8) is 0 Å². The first-order valence-electron chi connectivity index (χ1n) is 3.57. The molecule has 0 unspecified atom stereocenters. The van der Waals surface area contributed by atoms with Crippen LogP contribution in [0.1, 0.15) is 0 Å². The molecule has 64 valence electrons. The van der Waals surface area contributed by atoms with E-state index in [4.69, 9.17) is 21.1 Å². The zero-order chi connectivity index (χ0) is 8.39. The van der Waals surface area contributed by atoms with Crippen molar-refractivity contribution in [3.05, 3.63) is 17.5 Å². The van der Waals surface area contributed by atoms with Crippen molar-refractivity contribution in [2.45, 2.75) is 6.10 Å². The lowest BCUT2D eigenvalue weighted by molar-refractivity contribution is 0.254. The molecule has 0 radical (unpaired) electrons. The third-order valence-electron chi connectivity index (χ3n) is 1.43. The Morgan fingerprint density at radius 1 is 1.58 bits per heavy atom. The highest BCUT2D eigenvalue weighted by Gasteiger charge is 2.23. The number of rotatable bonds is 3. The second kappa shape index (κ2) is 3.25. The molecule has 0 saturated carbocycles. The second-order valence-electron chi connectivity index (χ2n) is 2.42. The van der Waals surface area contributed by atoms with Crippen LogP contribution in [0.5, 0.6) is 5.88 Å². The number of hydrogen-bond acceptors (Lipinski definition) is 4. The maximum absolute atomic E-state index is 5.69. The molecule has 12 heavy (non-hydrogen) atoms. The van der Waals surface area contributed by atoms with Crippen LogP contribution in [-0.4, -0.2) is 29.3 Å². The number of nitrogens with zero attached hydrogens (tertiary/aromatic N) is 2. The van der Waals surface area contributed by atoms with E-state index < -0.39 is 0 Å². The topological polar surface area (TPSA) is 47.5 Å². The maximum atomic E-state index is 5.69. The van der Waals surface area contributed by atoms with E-state index in [-0.39, 0.29) is 11.3 Å². The average molecular weight is 187 g/mol. The molecule has 0 N–H and O–H groups in total. The quantitative estimate of drug-likeness (QED) is 0.659. The Balaban J connectivity index is 1.96. The molecule has 0 amide bonds. The SMILES string of the molecule is Clc1nccnc1OC[C@@H]1CO1. The molecular weight excluding hydrogens is 180 g/mol. The Bertz CT molecular complexity index is 278. The molecule has 1 saturated heterocycles. The van der Waals surface area contributed by atoms with Gasteiger partial charge in [0.25, 0.3) is 5.88 Å². The van der Waals surface area contributed by atoms with Gasteiger partial charge in [-0.15, -0.1) is 0 Å². The van der Waals surface area contributed by atoms with Crippen molar-refractivity contribution in [3.8, 4) is 5.88 Å². The molecule has 1 atom stereocenters. The van der Waals surface area contributed by atoms with E-state index in [2.05, 4.69) is 9.97 Å². The van der Waals surface area contributed by atoms with E-state index in [1.54, 1.807) is 0 Å². The van der Waals surface area contributed by atoms with Crippen LogP contribution in [0.25, 0.3) is 0 Å². The first-order valence-corrected chi connectivity index (χ1v) is 3.95. The molecule has 0 bridgehead atoms. The first kappa shape index (κ1) is 7.76. The Kier molecular flexibility index (Phi) is 2.10. The molecule has 1 aliphatic heterocycles. The van der Waals surface area contributed by atoms with Crippen LogP contribution in [0.3, 0.4) is 0 Å². The summed E-state index contributed by atoms with van der Waals surface area (Å²) >= 11 is 5.69. The van der Waals surface area contributed by atoms with Crippen molar-refractivity contribution in [1.29, 1.82) is 0 Å². The van der Waals surface area contributed by atoms with Crippen molar-refractivity contribution in [2.75, 3.05) is 13.2 Å². The molecule has 0 aromatic carbocycles. The van der Waals surface area contributed by atoms with Gasteiger partial charge in [-0.25, -0.2) is 9.97 Å². The van der Waals surface area contributed by atoms with E-state index in [0.29, 0.717) is 12.5 Å². The highest BCUT2D eigenvalue weighted by atomic mass is 35.5. The molecule has 1 aromatic heterocycles. The monoisotopic (exact) mass is 186 g/mol. The van der Waals surface area contributed by atoms with Gasteiger partial charge in [0.05, 0.1) is 6.61 Å². The van der Waals surface area contributed by atoms with Gasteiger partial charge in [-0.05, 0) is 0 Å². The minimum atomic E-state index is 0.211. The minimum Gasteiger partial charge on any atom is -0.473 e. The standard InChI is InChI=1S/C7H7ClN2O2/c8-6-7(10-2-1-9-6)12-4-5-3-11-5/h1-2,5H,3-4H2/t5-/m0/s1. The maximum Gasteiger partial charge on any atom is 0.252 e. The summed E-state index contributed by atoms with van der Waals surface area (Å²) in [6.45, 7) is 1.26. The van der Waals surface area contributed by atoms with Crippen LogP contribution < -0.4 is 4.74 Å². The van der Waals surface area contributed by atoms with Crippen molar-refractivity contribution in [1.82, 2.24) is 9.97 Å². The van der Waals surface area contributed by atoms with Crippen LogP contribution in [0.2, 0.25) is 5.15 Å². The van der Waals surface area contributed by atoms with Crippen LogP contribution in [0.4, 0.5) is 0 Å². The van der Waals surface area contributed by atoms with Crippen molar-refractivity contribution < 1.29 is 9.47 Å². The number of ether oxygens (including phenoxy) is 2. The van der Waals surface area contributed by atoms with Gasteiger partial charge >= 0.3 is 0 Å². The van der Waals surface area contributed by atoms with Gasteiger partial charge < -0.3 is 9.47 Å². The number of halogens is 1. The number of hydrogen-bond donors (Lipinski definition) is 0. The lowest BCUT2D eigenvalue weighted by Gasteiger charge is -2.02. The summed E-state index contributed by atoms with van der Waals surface area (Å²) in [6, 6.07) is 0. The van der Waals surface area contributed by atoms with Gasteiger partial charge in [-0.3, -0.25) is 0 Å². The Morgan fingerprint density at radius 2 is 2.33 bits per heavy atom. The summed E-state index contributed by atoms with van der Waals surface area (Å²) in [5.74, 6) is 0.370. The molecule has 5 heteroatoms. The lowest BCUT2D eigenvalue weighted by Crippen LogP contribution is -2.05. The van der Waals surface area contributed by atoms with Gasteiger partial charge in [0.15, 0.2) is 5.15 Å². The molecule has 2 rings (SSSR count). The van der Waals surface area contributed by atoms with E-state index in [0.717, 1.165) is 6.61 Å². The summed E-state index contributed by atoms with van der Waals surface area (Å²) in [6.07, 6.45) is 3.26. The van der Waals surface area contributed by atoms with Gasteiger partial charge in [0.2, 0.25) is 0 Å². The Hall–Kier alpha value is -0.870. The van der Waals surface area contributed by atoms with Crippen LogP contribution in [0, 0.1) is 0 Å². The van der Waals surface area contributed by atoms with Crippen LogP contribution in [-0.2, 0) is 4.74 Å². The van der Waals surface area contributed by atoms with E-state index >= 15 is 0 Å². The Morgan fingerprint density at radius 3 is 3.00 bits per heavy atom. The fourth-order valence-electron chi connectivity index (χ4n) is 0.741. The summed E-state index contributed by atoms with van der Waals surface area (Å²) in [7, 11) is 0. The molecule has 2 heterocycles. The first-order chi connectivity index (χ1) is 5.86. The molecule has 0 spiro atoms. The smallest absolute Gasteiger partial charge is 0.252 e. The van der Waals surface area contributed by atoms with Gasteiger partial charge in [-0.1, -0.05) is 11.6 Å². The van der Waals surface area contributed by atoms with Crippen LogP contribution >= 0.6 is 11.6 Å². The van der Waals surface area contributed by atoms with Crippen molar-refractivity contribution >= 4 is 11.6 Å². The van der Waals surface area contributed by atoms with E-state index in [1.807, 2.05) is 0 Å². The third-order valence-corrected chi connectivity index (χ3v) is 1.69. The fraction of sp³-hybridized carbons (Fsp3) is 0.429. The molecule has 1 aromatic rings. The normalized spacial score (nSPS) is 20.6. The predicted molar refractivity (Wildman–Crippen MR) is 42.3 cm³/mol. The molecule has 1 fully saturated rings. The summed E-state index contributed by atoms with van der Waals surface area (Å²) in [5.41, 5.74) is 0. The third kappa shape index (κ3) is 1.84. The highest BCUT2D eigenvalue weighted by molar-refractivity contribution is 6.30. The zero-order valence-electron chi connectivity index (χ0n) is 6.24. The number of epoxide rings is 1. The Labute approximate surface area is 74.5 Å². The number of aromatic nitrogens is 2. The second-order valence-corrected chi connectivity index (χ2v) is 2.78. The van der Waals surface area contributed by atoms with Gasteiger partial charge in [0.1, 0.15) is 12.7 Å². The summed E-state index contributed by atoms with van der Waals surface area (Å²) in [4.78, 5) is 7.72. The largest absolute Gasteiger partial charge is 0.473 e. The van der Waals surface area contributed by atoms with Crippen LogP contribution in [0.15, 0.2) is 12.4 Å². The van der Waals surface area contributed by atoms with E-state index in [1.165, 1.54) is 12.4 Å². The van der Waals surface area contributed by atoms with Gasteiger partial charge in [-0.2, -0.15) is 0 Å². The van der Waals surface area contributed by atoms with Gasteiger partial charge in [0, 0.05) is 12.4 Å². The lowest BCUT2D eigenvalue weighted by atomic mass is 10.5. The zero-order valence-corrected chi connectivity index (χ0v) is 6.99. The molecule has 1 aliphatic rings. The fourth-order valence-corrected chi connectivity index (χ4v) is 0.901. The molecule has 4 nitrogen and oxygen atoms in total.